The molecule has 7 nitrogen and oxygen atoms in total. The van der Waals surface area contributed by atoms with Crippen molar-refractivity contribution in [2.45, 2.75) is 51.9 Å². The number of alkyl carbamates (subject to hydrolysis) is 1. The molecule has 0 fully saturated rings. The molecular formula is C10H20N2O5. The van der Waals surface area contributed by atoms with E-state index in [0.29, 0.717) is 0 Å². The first-order chi connectivity index (χ1) is 7.67. The molecule has 0 aromatic heterocycles. The van der Waals surface area contributed by atoms with E-state index in [-0.39, 0.29) is 13.0 Å². The number of hydrogen-bond donors (Lipinski definition) is 2. The van der Waals surface area contributed by atoms with Gasteiger partial charge in [0.15, 0.2) is 0 Å². The Labute approximate surface area is 100 Å². The Balaban J connectivity index is 4.11. The molecule has 1 amide bonds. The number of amides is 1. The smallest absolute Gasteiger partial charge is 0.407 e. The normalized spacial score (nSPS) is 14.9. The maximum absolute atomic E-state index is 11.2. The summed E-state index contributed by atoms with van der Waals surface area (Å²) >= 11 is 0. The lowest BCUT2D eigenvalue weighted by molar-refractivity contribution is -0.534. The van der Waals surface area contributed by atoms with Crippen molar-refractivity contribution in [2.24, 2.45) is 0 Å². The number of aliphatic hydroxyl groups excluding tert-OH is 1. The van der Waals surface area contributed by atoms with Crippen molar-refractivity contribution in [3.63, 3.8) is 0 Å². The molecule has 0 aliphatic heterocycles. The zero-order valence-corrected chi connectivity index (χ0v) is 10.6. The fourth-order valence-electron chi connectivity index (χ4n) is 1.20. The summed E-state index contributed by atoms with van der Waals surface area (Å²) < 4.78 is 4.93. The molecule has 100 valence electrons. The molecule has 7 heteroatoms. The van der Waals surface area contributed by atoms with Crippen LogP contribution in [-0.2, 0) is 4.74 Å². The Morgan fingerprint density at radius 1 is 1.53 bits per heavy atom. The summed E-state index contributed by atoms with van der Waals surface area (Å²) in [7, 11) is 0. The minimum absolute atomic E-state index is 0.199. The largest absolute Gasteiger partial charge is 0.444 e. The SMILES string of the molecule is CCC(C(O)CNC(=O)OC(C)(C)C)[N+](=O)[O-]. The Morgan fingerprint density at radius 3 is 2.41 bits per heavy atom. The van der Waals surface area contributed by atoms with Gasteiger partial charge in [-0.3, -0.25) is 10.1 Å². The van der Waals surface area contributed by atoms with Crippen molar-refractivity contribution in [3.05, 3.63) is 10.1 Å². The number of rotatable bonds is 5. The second-order valence-electron chi connectivity index (χ2n) is 4.71. The van der Waals surface area contributed by atoms with Crippen LogP contribution >= 0.6 is 0 Å². The second kappa shape index (κ2) is 6.39. The topological polar surface area (TPSA) is 102 Å². The highest BCUT2D eigenvalue weighted by Gasteiger charge is 2.28. The van der Waals surface area contributed by atoms with Crippen molar-refractivity contribution >= 4 is 6.09 Å². The first kappa shape index (κ1) is 15.6. The highest BCUT2D eigenvalue weighted by atomic mass is 16.6. The third kappa shape index (κ3) is 6.72. The fraction of sp³-hybridized carbons (Fsp3) is 0.900. The lowest BCUT2D eigenvalue weighted by Crippen LogP contribution is -2.43. The van der Waals surface area contributed by atoms with E-state index in [4.69, 9.17) is 4.74 Å². The summed E-state index contributed by atoms with van der Waals surface area (Å²) in [4.78, 5) is 21.2. The highest BCUT2D eigenvalue weighted by molar-refractivity contribution is 5.67. The zero-order valence-electron chi connectivity index (χ0n) is 10.6. The predicted molar refractivity (Wildman–Crippen MR) is 61.3 cm³/mol. The second-order valence-corrected chi connectivity index (χ2v) is 4.71. The van der Waals surface area contributed by atoms with Gasteiger partial charge in [0.1, 0.15) is 11.7 Å². The molecule has 0 radical (unpaired) electrons. The monoisotopic (exact) mass is 248 g/mol. The maximum Gasteiger partial charge on any atom is 0.407 e. The van der Waals surface area contributed by atoms with E-state index in [1.807, 2.05) is 0 Å². The summed E-state index contributed by atoms with van der Waals surface area (Å²) in [5, 5.41) is 22.4. The molecule has 0 aliphatic carbocycles. The standard InChI is InChI=1S/C10H20N2O5/c1-5-7(12(15)16)8(13)6-11-9(14)17-10(2,3)4/h7-8,13H,5-6H2,1-4H3,(H,11,14). The summed E-state index contributed by atoms with van der Waals surface area (Å²) in [5.41, 5.74) is -0.637. The Hall–Kier alpha value is -1.37. The molecule has 0 rings (SSSR count). The number of carbonyl (C=O) groups is 1. The van der Waals surface area contributed by atoms with Crippen LogP contribution in [0.5, 0.6) is 0 Å². The zero-order chi connectivity index (χ0) is 13.6. The van der Waals surface area contributed by atoms with Crippen LogP contribution in [0.3, 0.4) is 0 Å². The first-order valence-electron chi connectivity index (χ1n) is 5.45. The number of ether oxygens (including phenoxy) is 1. The summed E-state index contributed by atoms with van der Waals surface area (Å²) in [6, 6.07) is -1.08. The van der Waals surface area contributed by atoms with Gasteiger partial charge in [0.2, 0.25) is 6.04 Å². The highest BCUT2D eigenvalue weighted by Crippen LogP contribution is 2.07. The van der Waals surface area contributed by atoms with Crippen molar-refractivity contribution in [3.8, 4) is 0 Å². The maximum atomic E-state index is 11.2. The van der Waals surface area contributed by atoms with Crippen molar-refractivity contribution in [1.29, 1.82) is 0 Å². The van der Waals surface area contributed by atoms with E-state index in [0.717, 1.165) is 0 Å². The van der Waals surface area contributed by atoms with E-state index < -0.39 is 28.8 Å². The number of nitrogens with zero attached hydrogens (tertiary/aromatic N) is 1. The summed E-state index contributed by atoms with van der Waals surface area (Å²) in [6.07, 6.45) is -1.72. The van der Waals surface area contributed by atoms with Gasteiger partial charge in [-0.05, 0) is 20.8 Å². The molecule has 0 saturated heterocycles. The third-order valence-corrected chi connectivity index (χ3v) is 1.99. The van der Waals surface area contributed by atoms with Gasteiger partial charge in [-0.15, -0.1) is 0 Å². The number of carbonyl (C=O) groups excluding carboxylic acids is 1. The fourth-order valence-corrected chi connectivity index (χ4v) is 1.20. The molecular weight excluding hydrogens is 228 g/mol. The number of aliphatic hydroxyl groups is 1. The van der Waals surface area contributed by atoms with Gasteiger partial charge in [0.25, 0.3) is 0 Å². The molecule has 0 saturated carbocycles. The van der Waals surface area contributed by atoms with Crippen LogP contribution in [0.1, 0.15) is 34.1 Å². The third-order valence-electron chi connectivity index (χ3n) is 1.99. The molecule has 2 atom stereocenters. The van der Waals surface area contributed by atoms with Crippen LogP contribution < -0.4 is 5.32 Å². The number of hydrogen-bond acceptors (Lipinski definition) is 5. The van der Waals surface area contributed by atoms with E-state index in [2.05, 4.69) is 5.32 Å². The summed E-state index contributed by atoms with van der Waals surface area (Å²) in [5.74, 6) is 0. The molecule has 2 N–H and O–H groups in total. The molecule has 0 aliphatic rings. The van der Waals surface area contributed by atoms with Crippen LogP contribution in [0.25, 0.3) is 0 Å². The molecule has 2 unspecified atom stereocenters. The van der Waals surface area contributed by atoms with E-state index in [9.17, 15) is 20.0 Å². The van der Waals surface area contributed by atoms with Crippen LogP contribution in [0.4, 0.5) is 4.79 Å². The predicted octanol–water partition coefficient (Wildman–Crippen LogP) is 0.927. The minimum atomic E-state index is -1.22. The van der Waals surface area contributed by atoms with Gasteiger partial charge < -0.3 is 15.2 Å². The van der Waals surface area contributed by atoms with E-state index >= 15 is 0 Å². The molecule has 17 heavy (non-hydrogen) atoms. The average molecular weight is 248 g/mol. The van der Waals surface area contributed by atoms with Gasteiger partial charge in [-0.25, -0.2) is 4.79 Å². The average Bonchev–Trinajstić information content (AvgIpc) is 2.12. The molecule has 0 aromatic rings. The van der Waals surface area contributed by atoms with Crippen molar-refractivity contribution < 1.29 is 19.6 Å². The van der Waals surface area contributed by atoms with Gasteiger partial charge in [0.05, 0.1) is 6.54 Å². The molecule has 0 heterocycles. The molecule has 0 spiro atoms. The molecule has 0 aromatic carbocycles. The van der Waals surface area contributed by atoms with Crippen molar-refractivity contribution in [1.82, 2.24) is 5.32 Å². The van der Waals surface area contributed by atoms with Gasteiger partial charge in [0, 0.05) is 11.3 Å². The van der Waals surface area contributed by atoms with Crippen LogP contribution in [0.15, 0.2) is 0 Å². The lowest BCUT2D eigenvalue weighted by Gasteiger charge is -2.21. The Morgan fingerprint density at radius 2 is 2.06 bits per heavy atom. The number of nitrogens with one attached hydrogen (secondary N) is 1. The first-order valence-corrected chi connectivity index (χ1v) is 5.45. The van der Waals surface area contributed by atoms with Crippen LogP contribution in [-0.4, -0.2) is 40.4 Å². The van der Waals surface area contributed by atoms with Crippen molar-refractivity contribution in [2.75, 3.05) is 6.54 Å². The lowest BCUT2D eigenvalue weighted by atomic mass is 10.1. The van der Waals surface area contributed by atoms with Gasteiger partial charge >= 0.3 is 6.09 Å². The quantitative estimate of drug-likeness (QED) is 0.556. The van der Waals surface area contributed by atoms with Gasteiger partial charge in [-0.2, -0.15) is 0 Å². The Kier molecular flexibility index (Phi) is 5.87. The Bertz CT molecular complexity index is 274. The minimum Gasteiger partial charge on any atom is -0.444 e. The van der Waals surface area contributed by atoms with E-state index in [1.54, 1.807) is 27.7 Å². The molecule has 0 bridgehead atoms. The van der Waals surface area contributed by atoms with Crippen LogP contribution in [0, 0.1) is 10.1 Å². The van der Waals surface area contributed by atoms with E-state index in [1.165, 1.54) is 0 Å². The summed E-state index contributed by atoms with van der Waals surface area (Å²) in [6.45, 7) is 6.51. The van der Waals surface area contributed by atoms with Gasteiger partial charge in [-0.1, -0.05) is 6.92 Å². The van der Waals surface area contributed by atoms with Crippen LogP contribution in [0.2, 0.25) is 0 Å². The number of nitro groups is 1.